The Bertz CT molecular complexity index is 468. The second kappa shape index (κ2) is 6.91. The molecule has 0 aliphatic carbocycles. The summed E-state index contributed by atoms with van der Waals surface area (Å²) in [7, 11) is 0. The van der Waals surface area contributed by atoms with E-state index in [4.69, 9.17) is 17.3 Å². The maximum absolute atomic E-state index is 11.9. The monoisotopic (exact) mass is 286 g/mol. The average molecular weight is 287 g/mol. The largest absolute Gasteiger partial charge is 0.381 e. The number of halogens is 1. The molecule has 1 heterocycles. The van der Waals surface area contributed by atoms with Crippen molar-refractivity contribution in [1.29, 1.82) is 0 Å². The topological polar surface area (TPSA) is 72.9 Å². The fourth-order valence-corrected chi connectivity index (χ4v) is 1.94. The molecule has 0 saturated heterocycles. The predicted octanol–water partition coefficient (Wildman–Crippen LogP) is 2.24. The highest BCUT2D eigenvalue weighted by Gasteiger charge is 2.20. The smallest absolute Gasteiger partial charge is 0.287 e. The Morgan fingerprint density at radius 2 is 2.05 bits per heavy atom. The molecule has 0 aliphatic rings. The van der Waals surface area contributed by atoms with E-state index in [-0.39, 0.29) is 16.1 Å². The summed E-state index contributed by atoms with van der Waals surface area (Å²) in [4.78, 5) is 11.9. The highest BCUT2D eigenvalue weighted by molar-refractivity contribution is 6.32. The Balaban J connectivity index is 2.86. The Morgan fingerprint density at radius 1 is 1.42 bits per heavy atom. The van der Waals surface area contributed by atoms with Gasteiger partial charge in [-0.2, -0.15) is 5.10 Å². The number of hydrogen-bond acceptors (Lipinski definition) is 4. The molecular weight excluding hydrogens is 264 g/mol. The van der Waals surface area contributed by atoms with E-state index in [2.05, 4.69) is 10.4 Å². The van der Waals surface area contributed by atoms with Gasteiger partial charge in [-0.25, -0.2) is 4.68 Å². The van der Waals surface area contributed by atoms with Crippen molar-refractivity contribution in [3.63, 3.8) is 0 Å². The number of aryl methyl sites for hydroxylation is 1. The van der Waals surface area contributed by atoms with E-state index in [1.165, 1.54) is 4.68 Å². The van der Waals surface area contributed by atoms with Crippen LogP contribution in [0.25, 0.3) is 0 Å². The standard InChI is InChI=1S/C13H23ClN4O/c1-4-7-18-12(19)11(14)10(8-17-18)16-9-13(15,5-2)6-3/h8,16H,4-7,9,15H2,1-3H3. The first kappa shape index (κ1) is 16.0. The number of anilines is 1. The summed E-state index contributed by atoms with van der Waals surface area (Å²) in [6, 6.07) is 0. The summed E-state index contributed by atoms with van der Waals surface area (Å²) >= 11 is 6.07. The number of nitrogens with two attached hydrogens (primary N) is 1. The zero-order valence-corrected chi connectivity index (χ0v) is 12.6. The van der Waals surface area contributed by atoms with Crippen LogP contribution >= 0.6 is 11.6 Å². The van der Waals surface area contributed by atoms with E-state index < -0.39 is 0 Å². The van der Waals surface area contributed by atoms with Crippen molar-refractivity contribution in [2.75, 3.05) is 11.9 Å². The van der Waals surface area contributed by atoms with Crippen LogP contribution in [0, 0.1) is 0 Å². The Morgan fingerprint density at radius 3 is 2.58 bits per heavy atom. The highest BCUT2D eigenvalue weighted by atomic mass is 35.5. The van der Waals surface area contributed by atoms with Gasteiger partial charge in [0.05, 0.1) is 11.9 Å². The molecule has 19 heavy (non-hydrogen) atoms. The van der Waals surface area contributed by atoms with Crippen LogP contribution in [-0.4, -0.2) is 21.9 Å². The molecule has 1 aromatic rings. The molecule has 0 aliphatic heterocycles. The van der Waals surface area contributed by atoms with Gasteiger partial charge in [-0.15, -0.1) is 0 Å². The lowest BCUT2D eigenvalue weighted by atomic mass is 9.94. The first-order chi connectivity index (χ1) is 8.97. The Kier molecular flexibility index (Phi) is 5.82. The molecule has 6 heteroatoms. The molecule has 0 atom stereocenters. The molecule has 108 valence electrons. The molecule has 0 fully saturated rings. The molecule has 0 radical (unpaired) electrons. The summed E-state index contributed by atoms with van der Waals surface area (Å²) in [5, 5.41) is 7.41. The Hall–Kier alpha value is -1.07. The summed E-state index contributed by atoms with van der Waals surface area (Å²) in [6.07, 6.45) is 4.14. The Labute approximate surface area is 119 Å². The van der Waals surface area contributed by atoms with Gasteiger partial charge in [0.1, 0.15) is 5.02 Å². The van der Waals surface area contributed by atoms with E-state index in [1.54, 1.807) is 6.20 Å². The molecule has 1 aromatic heterocycles. The van der Waals surface area contributed by atoms with Crippen LogP contribution in [-0.2, 0) is 6.54 Å². The van der Waals surface area contributed by atoms with E-state index in [9.17, 15) is 4.79 Å². The van der Waals surface area contributed by atoms with Gasteiger partial charge < -0.3 is 11.1 Å². The number of nitrogens with one attached hydrogen (secondary N) is 1. The number of aromatic nitrogens is 2. The van der Waals surface area contributed by atoms with Crippen LogP contribution in [0.5, 0.6) is 0 Å². The van der Waals surface area contributed by atoms with Crippen LogP contribution in [0.1, 0.15) is 40.0 Å². The van der Waals surface area contributed by atoms with E-state index >= 15 is 0 Å². The molecule has 0 amide bonds. The SMILES string of the molecule is CCCn1ncc(NCC(N)(CC)CC)c(Cl)c1=O. The quantitative estimate of drug-likeness (QED) is 0.806. The molecular formula is C13H23ClN4O. The van der Waals surface area contributed by atoms with Gasteiger partial charge in [0.2, 0.25) is 0 Å². The lowest BCUT2D eigenvalue weighted by molar-refractivity contribution is 0.418. The fourth-order valence-electron chi connectivity index (χ4n) is 1.73. The van der Waals surface area contributed by atoms with Crippen molar-refractivity contribution in [2.24, 2.45) is 5.73 Å². The molecule has 0 unspecified atom stereocenters. The second-order valence-electron chi connectivity index (χ2n) is 4.82. The van der Waals surface area contributed by atoms with Crippen molar-refractivity contribution in [2.45, 2.75) is 52.1 Å². The van der Waals surface area contributed by atoms with Crippen molar-refractivity contribution in [3.8, 4) is 0 Å². The van der Waals surface area contributed by atoms with E-state index in [0.717, 1.165) is 19.3 Å². The highest BCUT2D eigenvalue weighted by Crippen LogP contribution is 2.18. The zero-order valence-electron chi connectivity index (χ0n) is 11.9. The van der Waals surface area contributed by atoms with Crippen LogP contribution in [0.15, 0.2) is 11.0 Å². The molecule has 5 nitrogen and oxygen atoms in total. The normalized spacial score (nSPS) is 11.6. The maximum Gasteiger partial charge on any atom is 0.287 e. The molecule has 0 bridgehead atoms. The first-order valence-electron chi connectivity index (χ1n) is 6.75. The maximum atomic E-state index is 11.9. The van der Waals surface area contributed by atoms with Crippen LogP contribution in [0.3, 0.4) is 0 Å². The molecule has 0 spiro atoms. The zero-order chi connectivity index (χ0) is 14.5. The minimum Gasteiger partial charge on any atom is -0.381 e. The van der Waals surface area contributed by atoms with Gasteiger partial charge in [-0.3, -0.25) is 4.79 Å². The van der Waals surface area contributed by atoms with Crippen molar-refractivity contribution in [1.82, 2.24) is 9.78 Å². The summed E-state index contributed by atoms with van der Waals surface area (Å²) < 4.78 is 1.38. The lowest BCUT2D eigenvalue weighted by Gasteiger charge is -2.27. The van der Waals surface area contributed by atoms with Crippen molar-refractivity contribution < 1.29 is 0 Å². The van der Waals surface area contributed by atoms with Gasteiger partial charge >= 0.3 is 0 Å². The van der Waals surface area contributed by atoms with E-state index in [1.807, 2.05) is 20.8 Å². The lowest BCUT2D eigenvalue weighted by Crippen LogP contribution is -2.45. The molecule has 3 N–H and O–H groups in total. The van der Waals surface area contributed by atoms with Crippen LogP contribution in [0.4, 0.5) is 5.69 Å². The summed E-state index contributed by atoms with van der Waals surface area (Å²) in [6.45, 7) is 7.22. The number of hydrogen-bond donors (Lipinski definition) is 2. The van der Waals surface area contributed by atoms with E-state index in [0.29, 0.717) is 18.8 Å². The van der Waals surface area contributed by atoms with Gasteiger partial charge in [0.25, 0.3) is 5.56 Å². The molecule has 0 aromatic carbocycles. The summed E-state index contributed by atoms with van der Waals surface area (Å²) in [5.74, 6) is 0. The molecule has 1 rings (SSSR count). The van der Waals surface area contributed by atoms with Crippen molar-refractivity contribution >= 4 is 17.3 Å². The number of rotatable bonds is 7. The summed E-state index contributed by atoms with van der Waals surface area (Å²) in [5.41, 5.74) is 6.20. The minimum atomic E-state index is -0.290. The van der Waals surface area contributed by atoms with Gasteiger partial charge in [0, 0.05) is 18.6 Å². The third-order valence-corrected chi connectivity index (χ3v) is 3.82. The van der Waals surface area contributed by atoms with Crippen LogP contribution in [0.2, 0.25) is 5.02 Å². The fraction of sp³-hybridized carbons (Fsp3) is 0.692. The molecule has 0 saturated carbocycles. The van der Waals surface area contributed by atoms with Crippen molar-refractivity contribution in [3.05, 3.63) is 21.6 Å². The van der Waals surface area contributed by atoms with Gasteiger partial charge in [0.15, 0.2) is 0 Å². The van der Waals surface area contributed by atoms with Gasteiger partial charge in [-0.1, -0.05) is 32.4 Å². The first-order valence-corrected chi connectivity index (χ1v) is 7.13. The average Bonchev–Trinajstić information content (AvgIpc) is 2.43. The second-order valence-corrected chi connectivity index (χ2v) is 5.20. The van der Waals surface area contributed by atoms with Crippen LogP contribution < -0.4 is 16.6 Å². The number of nitrogens with zero attached hydrogens (tertiary/aromatic N) is 2. The minimum absolute atomic E-state index is 0.179. The van der Waals surface area contributed by atoms with Gasteiger partial charge in [-0.05, 0) is 19.3 Å². The third-order valence-electron chi connectivity index (χ3n) is 3.46. The third kappa shape index (κ3) is 3.94. The predicted molar refractivity (Wildman–Crippen MR) is 79.8 cm³/mol.